The molecule has 0 spiro atoms. The molecule has 9 nitrogen and oxygen atoms in total. The number of nitrogens with two attached hydrogens (primary N) is 1. The van der Waals surface area contributed by atoms with Crippen molar-refractivity contribution in [3.05, 3.63) is 60.2 Å². The average molecular weight is 496 g/mol. The Hall–Kier alpha value is -3.63. The third-order valence-electron chi connectivity index (χ3n) is 6.99. The number of carbonyl (C=O) groups excluding carboxylic acids is 1. The number of anilines is 2. The van der Waals surface area contributed by atoms with Gasteiger partial charge in [-0.3, -0.25) is 14.8 Å². The van der Waals surface area contributed by atoms with E-state index in [1.165, 1.54) is 13.3 Å². The van der Waals surface area contributed by atoms with Crippen molar-refractivity contribution in [1.29, 1.82) is 0 Å². The lowest BCUT2D eigenvalue weighted by molar-refractivity contribution is -0.151. The molecule has 0 bridgehead atoms. The molecule has 1 aliphatic rings. The summed E-state index contributed by atoms with van der Waals surface area (Å²) < 4.78 is 19.0. The maximum Gasteiger partial charge on any atom is 0.276 e. The van der Waals surface area contributed by atoms with Crippen LogP contribution < -0.4 is 15.8 Å². The van der Waals surface area contributed by atoms with E-state index in [1.54, 1.807) is 42.7 Å². The maximum absolute atomic E-state index is 13.7. The van der Waals surface area contributed by atoms with E-state index < -0.39 is 30.2 Å². The van der Waals surface area contributed by atoms with Crippen molar-refractivity contribution in [2.24, 2.45) is 5.92 Å². The summed E-state index contributed by atoms with van der Waals surface area (Å²) in [7, 11) is 1.52. The van der Waals surface area contributed by atoms with Crippen LogP contribution in [-0.2, 0) is 0 Å². The van der Waals surface area contributed by atoms with Crippen LogP contribution in [0.15, 0.2) is 48.9 Å². The van der Waals surface area contributed by atoms with E-state index in [-0.39, 0.29) is 23.7 Å². The van der Waals surface area contributed by atoms with Gasteiger partial charge in [0.15, 0.2) is 5.69 Å². The molecule has 1 aliphatic carbocycles. The Balaban J connectivity index is 1.62. The van der Waals surface area contributed by atoms with Crippen LogP contribution in [0.3, 0.4) is 0 Å². The molecule has 1 amide bonds. The van der Waals surface area contributed by atoms with Gasteiger partial charge >= 0.3 is 0 Å². The third-order valence-corrected chi connectivity index (χ3v) is 6.99. The van der Waals surface area contributed by atoms with Crippen molar-refractivity contribution in [2.45, 2.75) is 43.8 Å². The molecule has 0 saturated heterocycles. The van der Waals surface area contributed by atoms with Crippen molar-refractivity contribution < 1.29 is 24.1 Å². The highest BCUT2D eigenvalue weighted by molar-refractivity contribution is 6.06. The molecule has 0 aliphatic heterocycles. The maximum atomic E-state index is 13.7. The molecule has 4 unspecified atom stereocenters. The highest BCUT2D eigenvalue weighted by Gasteiger charge is 2.48. The highest BCUT2D eigenvalue weighted by atomic mass is 19.1. The number of nitrogens with one attached hydrogen (secondary N) is 1. The van der Waals surface area contributed by atoms with E-state index in [9.17, 15) is 19.4 Å². The number of aliphatic hydroxyl groups excluding tert-OH is 1. The molecule has 0 aromatic carbocycles. The van der Waals surface area contributed by atoms with Crippen LogP contribution in [-0.4, -0.2) is 56.6 Å². The number of rotatable bonds is 7. The molecule has 10 heteroatoms. The summed E-state index contributed by atoms with van der Waals surface area (Å²) in [5.41, 5.74) is 6.57. The van der Waals surface area contributed by atoms with Gasteiger partial charge in [-0.1, -0.05) is 13.3 Å². The van der Waals surface area contributed by atoms with Crippen LogP contribution in [0.25, 0.3) is 11.4 Å². The number of carbonyl (C=O) groups is 1. The first-order chi connectivity index (χ1) is 17.3. The molecular formula is C26H30FN5O4. The van der Waals surface area contributed by atoms with Crippen molar-refractivity contribution in [1.82, 2.24) is 15.0 Å². The van der Waals surface area contributed by atoms with Gasteiger partial charge in [0.2, 0.25) is 0 Å². The number of aliphatic hydroxyl groups is 2. The van der Waals surface area contributed by atoms with Crippen LogP contribution in [0.4, 0.5) is 15.8 Å². The zero-order chi connectivity index (χ0) is 25.9. The lowest BCUT2D eigenvalue weighted by atomic mass is 9.67. The molecule has 3 aromatic heterocycles. The molecule has 1 saturated carbocycles. The minimum Gasteiger partial charge on any atom is -0.494 e. The smallest absolute Gasteiger partial charge is 0.276 e. The van der Waals surface area contributed by atoms with Gasteiger partial charge in [-0.2, -0.15) is 0 Å². The first-order valence-electron chi connectivity index (χ1n) is 11.8. The van der Waals surface area contributed by atoms with E-state index in [2.05, 4.69) is 20.3 Å². The molecule has 3 aromatic rings. The van der Waals surface area contributed by atoms with Crippen LogP contribution in [0.1, 0.15) is 48.2 Å². The second-order valence-electron chi connectivity index (χ2n) is 9.02. The lowest BCUT2D eigenvalue weighted by Gasteiger charge is -2.45. The molecule has 36 heavy (non-hydrogen) atoms. The molecule has 3 heterocycles. The topological polar surface area (TPSA) is 143 Å². The SMILES string of the molecule is CCC1CC(c2ccncc2NC(=O)c2nc(-c3ncccc3OC)ccc2N)CC(O)C1(O)CF. The number of methoxy groups -OCH3 is 1. The molecule has 0 radical (unpaired) electrons. The lowest BCUT2D eigenvalue weighted by Crippen LogP contribution is -2.54. The Kier molecular flexibility index (Phi) is 7.46. The Morgan fingerprint density at radius 3 is 2.81 bits per heavy atom. The predicted molar refractivity (Wildman–Crippen MR) is 133 cm³/mol. The van der Waals surface area contributed by atoms with E-state index in [0.29, 0.717) is 35.7 Å². The molecule has 190 valence electrons. The molecule has 4 rings (SSSR count). The molecular weight excluding hydrogens is 465 g/mol. The molecule has 4 atom stereocenters. The summed E-state index contributed by atoms with van der Waals surface area (Å²) in [6.07, 6.45) is 4.59. The molecule has 1 fully saturated rings. The summed E-state index contributed by atoms with van der Waals surface area (Å²) in [4.78, 5) is 26.2. The van der Waals surface area contributed by atoms with Gasteiger partial charge in [0.25, 0.3) is 5.91 Å². The first kappa shape index (κ1) is 25.5. The second-order valence-corrected chi connectivity index (χ2v) is 9.02. The Labute approximate surface area is 208 Å². The van der Waals surface area contributed by atoms with Crippen LogP contribution in [0, 0.1) is 5.92 Å². The number of ether oxygens (including phenoxy) is 1. The minimum absolute atomic E-state index is 0.0110. The van der Waals surface area contributed by atoms with Crippen molar-refractivity contribution in [3.8, 4) is 17.1 Å². The second kappa shape index (κ2) is 10.5. The zero-order valence-electron chi connectivity index (χ0n) is 20.2. The number of hydrogen-bond donors (Lipinski definition) is 4. The number of nitrogens with zero attached hydrogens (tertiary/aromatic N) is 3. The fourth-order valence-corrected chi connectivity index (χ4v) is 4.94. The first-order valence-corrected chi connectivity index (χ1v) is 11.8. The Bertz CT molecular complexity index is 1240. The van der Waals surface area contributed by atoms with Crippen molar-refractivity contribution in [2.75, 3.05) is 24.8 Å². The summed E-state index contributed by atoms with van der Waals surface area (Å²) in [5.74, 6) is -0.688. The van der Waals surface area contributed by atoms with Crippen LogP contribution in [0.2, 0.25) is 0 Å². The third kappa shape index (κ3) is 4.74. The van der Waals surface area contributed by atoms with Gasteiger partial charge in [0.05, 0.1) is 36.5 Å². The quantitative estimate of drug-likeness (QED) is 0.391. The highest BCUT2D eigenvalue weighted by Crippen LogP contribution is 2.45. The van der Waals surface area contributed by atoms with Gasteiger partial charge < -0.3 is 26.0 Å². The van der Waals surface area contributed by atoms with E-state index in [4.69, 9.17) is 10.5 Å². The van der Waals surface area contributed by atoms with Crippen molar-refractivity contribution >= 4 is 17.3 Å². The largest absolute Gasteiger partial charge is 0.494 e. The van der Waals surface area contributed by atoms with E-state index in [0.717, 1.165) is 5.56 Å². The van der Waals surface area contributed by atoms with Gasteiger partial charge in [-0.05, 0) is 60.6 Å². The Morgan fingerprint density at radius 1 is 1.28 bits per heavy atom. The number of halogens is 1. The van der Waals surface area contributed by atoms with Gasteiger partial charge in [0.1, 0.15) is 23.7 Å². The van der Waals surface area contributed by atoms with E-state index >= 15 is 0 Å². The number of alkyl halides is 1. The van der Waals surface area contributed by atoms with Crippen molar-refractivity contribution in [3.63, 3.8) is 0 Å². The predicted octanol–water partition coefficient (Wildman–Crippen LogP) is 3.35. The number of hydrogen-bond acceptors (Lipinski definition) is 8. The summed E-state index contributed by atoms with van der Waals surface area (Å²) in [6.45, 7) is 0.843. The monoisotopic (exact) mass is 495 g/mol. The standard InChI is InChI=1S/C26H30FN5O4/c1-3-16-11-15(12-22(33)26(16,35)14-27)17-8-10-29-13-20(17)32-25(34)23-18(28)6-7-19(31-23)24-21(36-2)5-4-9-30-24/h4-10,13,15-16,22,33,35H,3,11-12,14,28H2,1-2H3,(H,32,34). The van der Waals surface area contributed by atoms with Gasteiger partial charge in [-0.15, -0.1) is 0 Å². The number of nitrogen functional groups attached to an aromatic ring is 1. The van der Waals surface area contributed by atoms with Crippen LogP contribution >= 0.6 is 0 Å². The number of amides is 1. The summed E-state index contributed by atoms with van der Waals surface area (Å²) >= 11 is 0. The minimum atomic E-state index is -1.77. The fourth-order valence-electron chi connectivity index (χ4n) is 4.94. The van der Waals surface area contributed by atoms with Gasteiger partial charge in [-0.25, -0.2) is 9.37 Å². The normalized spacial score (nSPS) is 23.8. The molecule has 5 N–H and O–H groups in total. The van der Waals surface area contributed by atoms with E-state index in [1.807, 2.05) is 6.92 Å². The Morgan fingerprint density at radius 2 is 2.08 bits per heavy atom. The van der Waals surface area contributed by atoms with Crippen LogP contribution in [0.5, 0.6) is 5.75 Å². The summed E-state index contributed by atoms with van der Waals surface area (Å²) in [6, 6.07) is 8.47. The zero-order valence-corrected chi connectivity index (χ0v) is 20.2. The number of pyridine rings is 3. The fraction of sp³-hybridized carbons (Fsp3) is 0.385. The van der Waals surface area contributed by atoms with Gasteiger partial charge in [0, 0.05) is 12.4 Å². The average Bonchev–Trinajstić information content (AvgIpc) is 2.90. The summed E-state index contributed by atoms with van der Waals surface area (Å²) in [5, 5.41) is 24.1. The number of aromatic nitrogens is 3.